The summed E-state index contributed by atoms with van der Waals surface area (Å²) in [5, 5.41) is 20.6. The van der Waals surface area contributed by atoms with E-state index in [1.165, 1.54) is 30.1 Å². The zero-order chi connectivity index (χ0) is 17.1. The summed E-state index contributed by atoms with van der Waals surface area (Å²) in [6, 6.07) is 11.0. The number of H-pyrrole nitrogens is 1. The molecule has 0 atom stereocenters. The molecule has 8 heteroatoms. The number of ether oxygens (including phenoxy) is 1. The summed E-state index contributed by atoms with van der Waals surface area (Å²) in [6.45, 7) is 0. The number of phenolic OH excluding ortho intramolecular Hbond substituents is 1. The number of phenols is 1. The number of aromatic nitrogens is 3. The molecule has 2 aromatic carbocycles. The molecule has 0 saturated heterocycles. The maximum absolute atomic E-state index is 14.0. The highest BCUT2D eigenvalue weighted by Gasteiger charge is 2.12. The van der Waals surface area contributed by atoms with Crippen molar-refractivity contribution in [3.05, 3.63) is 58.6 Å². The zero-order valence-corrected chi connectivity index (χ0v) is 13.4. The van der Waals surface area contributed by atoms with Crippen molar-refractivity contribution in [3.8, 4) is 22.9 Å². The molecular weight excluding hydrogens is 331 g/mol. The van der Waals surface area contributed by atoms with E-state index in [-0.39, 0.29) is 21.9 Å². The summed E-state index contributed by atoms with van der Waals surface area (Å²) < 4.78 is 20.5. The zero-order valence-electron chi connectivity index (χ0n) is 12.6. The van der Waals surface area contributed by atoms with Crippen LogP contribution >= 0.6 is 12.2 Å². The van der Waals surface area contributed by atoms with Gasteiger partial charge in [0.05, 0.1) is 18.9 Å². The highest BCUT2D eigenvalue weighted by molar-refractivity contribution is 7.71. The van der Waals surface area contributed by atoms with Crippen LogP contribution in [0.5, 0.6) is 11.5 Å². The van der Waals surface area contributed by atoms with Crippen LogP contribution in [0.25, 0.3) is 11.4 Å². The SMILES string of the molecule is COc1ccc(/C=N\n2c(-c3ccccc3F)n[nH]c2=S)cc1O. The summed E-state index contributed by atoms with van der Waals surface area (Å²) in [5.74, 6) is 0.183. The van der Waals surface area contributed by atoms with Crippen molar-refractivity contribution in [2.24, 2.45) is 5.10 Å². The third-order valence-electron chi connectivity index (χ3n) is 3.29. The van der Waals surface area contributed by atoms with Crippen molar-refractivity contribution in [2.75, 3.05) is 7.11 Å². The molecule has 2 N–H and O–H groups in total. The van der Waals surface area contributed by atoms with Gasteiger partial charge in [-0.15, -0.1) is 0 Å². The van der Waals surface area contributed by atoms with Crippen molar-refractivity contribution < 1.29 is 14.2 Å². The molecule has 0 aliphatic heterocycles. The van der Waals surface area contributed by atoms with E-state index in [0.29, 0.717) is 11.3 Å². The van der Waals surface area contributed by atoms with E-state index < -0.39 is 5.82 Å². The van der Waals surface area contributed by atoms with Crippen LogP contribution in [-0.2, 0) is 0 Å². The molecule has 0 aliphatic carbocycles. The largest absolute Gasteiger partial charge is 0.504 e. The van der Waals surface area contributed by atoms with Gasteiger partial charge in [-0.3, -0.25) is 0 Å². The lowest BCUT2D eigenvalue weighted by atomic mass is 10.2. The fourth-order valence-electron chi connectivity index (χ4n) is 2.13. The van der Waals surface area contributed by atoms with Crippen molar-refractivity contribution in [3.63, 3.8) is 0 Å². The van der Waals surface area contributed by atoms with Crippen LogP contribution in [0.3, 0.4) is 0 Å². The fourth-order valence-corrected chi connectivity index (χ4v) is 2.31. The molecule has 3 rings (SSSR count). The van der Waals surface area contributed by atoms with E-state index in [0.717, 1.165) is 0 Å². The predicted molar refractivity (Wildman–Crippen MR) is 90.5 cm³/mol. The standard InChI is InChI=1S/C16H13FN4O2S/c1-23-14-7-6-10(8-13(14)22)9-18-21-15(19-20-16(21)24)11-4-2-3-5-12(11)17/h2-9,22H,1H3,(H,20,24)/b18-9-. The topological polar surface area (TPSA) is 75.4 Å². The first-order valence-corrected chi connectivity index (χ1v) is 7.34. The maximum atomic E-state index is 14.0. The van der Waals surface area contributed by atoms with Gasteiger partial charge in [0, 0.05) is 0 Å². The summed E-state index contributed by atoms with van der Waals surface area (Å²) in [5.41, 5.74) is 0.899. The van der Waals surface area contributed by atoms with Gasteiger partial charge in [-0.1, -0.05) is 12.1 Å². The van der Waals surface area contributed by atoms with Crippen molar-refractivity contribution in [1.82, 2.24) is 14.9 Å². The van der Waals surface area contributed by atoms with E-state index in [4.69, 9.17) is 17.0 Å². The van der Waals surface area contributed by atoms with Crippen LogP contribution in [-0.4, -0.2) is 33.3 Å². The molecule has 0 fully saturated rings. The van der Waals surface area contributed by atoms with Crippen molar-refractivity contribution >= 4 is 18.4 Å². The Morgan fingerprint density at radius 2 is 2.12 bits per heavy atom. The lowest BCUT2D eigenvalue weighted by molar-refractivity contribution is 0.373. The Morgan fingerprint density at radius 1 is 1.33 bits per heavy atom. The summed E-state index contributed by atoms with van der Waals surface area (Å²) in [6.07, 6.45) is 1.48. The highest BCUT2D eigenvalue weighted by Crippen LogP contribution is 2.25. The first-order valence-electron chi connectivity index (χ1n) is 6.94. The third kappa shape index (κ3) is 3.04. The quantitative estimate of drug-likeness (QED) is 0.562. The number of benzene rings is 2. The monoisotopic (exact) mass is 344 g/mol. The van der Waals surface area contributed by atoms with Gasteiger partial charge in [-0.05, 0) is 48.1 Å². The molecular formula is C16H13FN4O2S. The minimum atomic E-state index is -0.426. The van der Waals surface area contributed by atoms with Crippen LogP contribution in [0.4, 0.5) is 4.39 Å². The van der Waals surface area contributed by atoms with Gasteiger partial charge in [0.25, 0.3) is 0 Å². The lowest BCUT2D eigenvalue weighted by Gasteiger charge is -2.04. The van der Waals surface area contributed by atoms with E-state index in [9.17, 15) is 9.50 Å². The van der Waals surface area contributed by atoms with Crippen LogP contribution in [0.15, 0.2) is 47.6 Å². The number of hydrogen-bond donors (Lipinski definition) is 2. The van der Waals surface area contributed by atoms with E-state index in [1.807, 2.05) is 0 Å². The number of hydrogen-bond acceptors (Lipinski definition) is 5. The Hall–Kier alpha value is -3.00. The van der Waals surface area contributed by atoms with E-state index in [1.54, 1.807) is 30.3 Å². The first-order chi connectivity index (χ1) is 11.6. The number of methoxy groups -OCH3 is 1. The second-order valence-electron chi connectivity index (χ2n) is 4.82. The number of aromatic hydroxyl groups is 1. The fraction of sp³-hybridized carbons (Fsp3) is 0.0625. The Labute approximate surface area is 141 Å². The molecule has 122 valence electrons. The summed E-state index contributed by atoms with van der Waals surface area (Å²) >= 11 is 5.14. The normalized spacial score (nSPS) is 11.1. The summed E-state index contributed by atoms with van der Waals surface area (Å²) in [4.78, 5) is 0. The van der Waals surface area contributed by atoms with Gasteiger partial charge in [-0.2, -0.15) is 14.9 Å². The van der Waals surface area contributed by atoms with Gasteiger partial charge < -0.3 is 9.84 Å². The maximum Gasteiger partial charge on any atom is 0.216 e. The molecule has 0 amide bonds. The van der Waals surface area contributed by atoms with E-state index in [2.05, 4.69) is 15.3 Å². The lowest BCUT2D eigenvalue weighted by Crippen LogP contribution is -1.97. The van der Waals surface area contributed by atoms with Gasteiger partial charge in [-0.25, -0.2) is 9.49 Å². The second kappa shape index (κ2) is 6.63. The average Bonchev–Trinajstić information content (AvgIpc) is 2.94. The van der Waals surface area contributed by atoms with Gasteiger partial charge in [0.1, 0.15) is 5.82 Å². The van der Waals surface area contributed by atoms with E-state index >= 15 is 0 Å². The molecule has 1 heterocycles. The first kappa shape index (κ1) is 15.9. The molecule has 6 nitrogen and oxygen atoms in total. The number of halogens is 1. The van der Waals surface area contributed by atoms with Crippen LogP contribution < -0.4 is 4.74 Å². The molecule has 3 aromatic rings. The number of nitrogens with zero attached hydrogens (tertiary/aromatic N) is 3. The van der Waals surface area contributed by atoms with Crippen LogP contribution in [0, 0.1) is 10.6 Å². The average molecular weight is 344 g/mol. The third-order valence-corrected chi connectivity index (χ3v) is 3.55. The number of aromatic amines is 1. The molecule has 1 aromatic heterocycles. The molecule has 0 radical (unpaired) electrons. The molecule has 24 heavy (non-hydrogen) atoms. The van der Waals surface area contributed by atoms with Gasteiger partial charge >= 0.3 is 0 Å². The molecule has 0 aliphatic rings. The van der Waals surface area contributed by atoms with Gasteiger partial charge in [0.15, 0.2) is 17.3 Å². The van der Waals surface area contributed by atoms with Gasteiger partial charge in [0.2, 0.25) is 4.77 Å². The Kier molecular flexibility index (Phi) is 4.39. The smallest absolute Gasteiger partial charge is 0.216 e. The van der Waals surface area contributed by atoms with Crippen LogP contribution in [0.2, 0.25) is 0 Å². The Balaban J connectivity index is 1.99. The molecule has 0 bridgehead atoms. The summed E-state index contributed by atoms with van der Waals surface area (Å²) in [7, 11) is 1.47. The van der Waals surface area contributed by atoms with Crippen molar-refractivity contribution in [1.29, 1.82) is 0 Å². The Bertz CT molecular complexity index is 965. The predicted octanol–water partition coefficient (Wildman–Crippen LogP) is 3.34. The Morgan fingerprint density at radius 3 is 2.83 bits per heavy atom. The van der Waals surface area contributed by atoms with Crippen molar-refractivity contribution in [2.45, 2.75) is 0 Å². The van der Waals surface area contributed by atoms with Crippen LogP contribution in [0.1, 0.15) is 5.56 Å². The molecule has 0 unspecified atom stereocenters. The minimum absolute atomic E-state index is 0.00781. The number of nitrogens with one attached hydrogen (secondary N) is 1. The highest BCUT2D eigenvalue weighted by atomic mass is 32.1. The minimum Gasteiger partial charge on any atom is -0.504 e. The second-order valence-corrected chi connectivity index (χ2v) is 5.21. The molecule has 0 spiro atoms. The number of rotatable bonds is 4. The molecule has 0 saturated carbocycles.